The minimum absolute atomic E-state index is 0.0142. The fourth-order valence-electron chi connectivity index (χ4n) is 5.41. The highest BCUT2D eigenvalue weighted by atomic mass is 32.8. The number of hydrogen-bond donors (Lipinski definition) is 0. The van der Waals surface area contributed by atoms with Gasteiger partial charge in [0.2, 0.25) is 0 Å². The van der Waals surface area contributed by atoms with Crippen molar-refractivity contribution in [2.75, 3.05) is 12.1 Å². The first-order chi connectivity index (χ1) is 9.68. The summed E-state index contributed by atoms with van der Waals surface area (Å²) in [6, 6.07) is 0.933. The second-order valence-corrected chi connectivity index (χ2v) is 11.7. The predicted octanol–water partition coefficient (Wildman–Crippen LogP) is 3.60. The monoisotopic (exact) mass is 347 g/mol. The lowest BCUT2D eigenvalue weighted by atomic mass is 9.89. The average molecular weight is 348 g/mol. The molecule has 0 bridgehead atoms. The second-order valence-electron chi connectivity index (χ2n) is 8.54. The van der Waals surface area contributed by atoms with Gasteiger partial charge in [-0.05, 0) is 75.5 Å². The first-order valence-corrected chi connectivity index (χ1v) is 11.1. The Morgan fingerprint density at radius 3 is 1.32 bits per heavy atom. The Balaban J connectivity index is 3.55. The van der Waals surface area contributed by atoms with Crippen LogP contribution >= 0.6 is 0 Å². The zero-order chi connectivity index (χ0) is 17.7. The molecule has 3 nitrogen and oxygen atoms in total. The summed E-state index contributed by atoms with van der Waals surface area (Å²) in [6.07, 6.45) is 2.17. The van der Waals surface area contributed by atoms with E-state index in [0.717, 1.165) is 5.88 Å². The van der Waals surface area contributed by atoms with Gasteiger partial charge in [0.15, 0.2) is 0 Å². The van der Waals surface area contributed by atoms with Crippen molar-refractivity contribution in [2.45, 2.75) is 98.3 Å². The third kappa shape index (κ3) is 3.30. The summed E-state index contributed by atoms with van der Waals surface area (Å²) in [5.41, 5.74) is -0.0844. The standard InChI is InChI=1S/C17H37N3S2/c1-13(2)19-15(5,6)18(12-22(11)21)16(7,8)20(14(3)4)17(19,9)10/h13-14H,12H2,1-11H3. The van der Waals surface area contributed by atoms with Crippen molar-refractivity contribution in [1.82, 2.24) is 14.7 Å². The maximum atomic E-state index is 5.58. The molecule has 0 radical (unpaired) electrons. The van der Waals surface area contributed by atoms with Gasteiger partial charge in [-0.15, -0.1) is 9.45 Å². The summed E-state index contributed by atoms with van der Waals surface area (Å²) >= 11 is 5.58. The van der Waals surface area contributed by atoms with Gasteiger partial charge in [0.25, 0.3) is 0 Å². The van der Waals surface area contributed by atoms with Gasteiger partial charge in [0.1, 0.15) is 0 Å². The molecule has 1 saturated heterocycles. The Labute approximate surface area is 146 Å². The van der Waals surface area contributed by atoms with Crippen molar-refractivity contribution in [1.29, 1.82) is 0 Å². The molecule has 0 aliphatic carbocycles. The molecular weight excluding hydrogens is 310 g/mol. The van der Waals surface area contributed by atoms with Crippen LogP contribution in [0.15, 0.2) is 0 Å². The largest absolute Gasteiger partial charge is 0.265 e. The molecule has 1 rings (SSSR count). The lowest BCUT2D eigenvalue weighted by Gasteiger charge is -2.71. The average Bonchev–Trinajstić information content (AvgIpc) is 2.19. The highest BCUT2D eigenvalue weighted by molar-refractivity contribution is 8.28. The molecule has 1 heterocycles. The van der Waals surface area contributed by atoms with Gasteiger partial charge in [-0.25, -0.2) is 0 Å². The van der Waals surface area contributed by atoms with Gasteiger partial charge in [0, 0.05) is 12.1 Å². The summed E-state index contributed by atoms with van der Waals surface area (Å²) in [6.45, 7) is 23.4. The van der Waals surface area contributed by atoms with Crippen LogP contribution in [0.25, 0.3) is 0 Å². The number of hydrogen-bond acceptors (Lipinski definition) is 4. The topological polar surface area (TPSA) is 9.72 Å². The van der Waals surface area contributed by atoms with Gasteiger partial charge in [-0.1, -0.05) is 11.2 Å². The van der Waals surface area contributed by atoms with E-state index in [1.165, 1.54) is 0 Å². The molecule has 0 spiro atoms. The van der Waals surface area contributed by atoms with Crippen LogP contribution in [0.3, 0.4) is 0 Å². The molecule has 22 heavy (non-hydrogen) atoms. The van der Waals surface area contributed by atoms with Crippen molar-refractivity contribution >= 4 is 20.6 Å². The Kier molecular flexibility index (Phi) is 5.96. The molecule has 1 atom stereocenters. The molecule has 132 valence electrons. The van der Waals surface area contributed by atoms with Crippen LogP contribution in [0.1, 0.15) is 69.2 Å². The van der Waals surface area contributed by atoms with E-state index in [9.17, 15) is 0 Å². The summed E-state index contributed by atoms with van der Waals surface area (Å²) < 4.78 is 0. The van der Waals surface area contributed by atoms with Crippen LogP contribution in [-0.2, 0) is 20.6 Å². The smallest absolute Gasteiger partial charge is 0.0720 e. The second kappa shape index (κ2) is 6.40. The highest BCUT2D eigenvalue weighted by Crippen LogP contribution is 2.46. The van der Waals surface area contributed by atoms with Crippen LogP contribution < -0.4 is 0 Å². The minimum Gasteiger partial charge on any atom is -0.265 e. The lowest BCUT2D eigenvalue weighted by Crippen LogP contribution is -2.84. The number of nitrogens with zero attached hydrogens (tertiary/aromatic N) is 3. The van der Waals surface area contributed by atoms with E-state index in [-0.39, 0.29) is 26.4 Å². The zero-order valence-corrected chi connectivity index (χ0v) is 18.2. The van der Waals surface area contributed by atoms with Gasteiger partial charge >= 0.3 is 0 Å². The Bertz CT molecular complexity index is 398. The van der Waals surface area contributed by atoms with E-state index in [0.29, 0.717) is 12.1 Å². The minimum atomic E-state index is -0.0351. The van der Waals surface area contributed by atoms with Gasteiger partial charge < -0.3 is 0 Å². The van der Waals surface area contributed by atoms with Crippen molar-refractivity contribution in [3.63, 3.8) is 0 Å². The molecule has 0 saturated carbocycles. The Hall–Kier alpha value is 0.450. The third-order valence-electron chi connectivity index (χ3n) is 5.02. The molecule has 1 unspecified atom stereocenters. The van der Waals surface area contributed by atoms with E-state index in [2.05, 4.69) is 90.2 Å². The van der Waals surface area contributed by atoms with E-state index >= 15 is 0 Å². The Morgan fingerprint density at radius 1 is 0.773 bits per heavy atom. The predicted molar refractivity (Wildman–Crippen MR) is 104 cm³/mol. The first kappa shape index (κ1) is 20.5. The maximum absolute atomic E-state index is 5.58. The van der Waals surface area contributed by atoms with Crippen LogP contribution in [0.5, 0.6) is 0 Å². The lowest BCUT2D eigenvalue weighted by molar-refractivity contribution is -0.293. The van der Waals surface area contributed by atoms with Crippen LogP contribution in [0.4, 0.5) is 0 Å². The summed E-state index contributed by atoms with van der Waals surface area (Å²) in [5.74, 6) is 0.956. The van der Waals surface area contributed by atoms with Crippen molar-refractivity contribution in [3.05, 3.63) is 0 Å². The van der Waals surface area contributed by atoms with Crippen LogP contribution in [-0.4, -0.2) is 55.9 Å². The summed E-state index contributed by atoms with van der Waals surface area (Å²) in [4.78, 5) is 7.91. The third-order valence-corrected chi connectivity index (χ3v) is 5.96. The van der Waals surface area contributed by atoms with Gasteiger partial charge in [0.05, 0.1) is 22.9 Å². The SMILES string of the molecule is CC(C)N1C(C)(C)N(CS(C)=S)C(C)(C)N(C(C)C)C1(C)C. The van der Waals surface area contributed by atoms with Gasteiger partial charge in [-0.2, -0.15) is 0 Å². The molecule has 1 aliphatic heterocycles. The summed E-state index contributed by atoms with van der Waals surface area (Å²) in [7, 11) is -0.0315. The molecule has 0 amide bonds. The van der Waals surface area contributed by atoms with Crippen molar-refractivity contribution in [2.24, 2.45) is 0 Å². The molecule has 0 N–H and O–H groups in total. The van der Waals surface area contributed by atoms with Gasteiger partial charge in [-0.3, -0.25) is 14.7 Å². The van der Waals surface area contributed by atoms with E-state index in [1.807, 2.05) is 0 Å². The quantitative estimate of drug-likeness (QED) is 0.768. The molecule has 0 aromatic rings. The van der Waals surface area contributed by atoms with E-state index < -0.39 is 0 Å². The highest BCUT2D eigenvalue weighted by Gasteiger charge is 2.59. The van der Waals surface area contributed by atoms with Crippen LogP contribution in [0, 0.1) is 0 Å². The van der Waals surface area contributed by atoms with Crippen molar-refractivity contribution in [3.8, 4) is 0 Å². The first-order valence-electron chi connectivity index (χ1n) is 8.35. The fourth-order valence-corrected chi connectivity index (χ4v) is 6.72. The number of rotatable bonds is 4. The molecule has 0 aromatic heterocycles. The van der Waals surface area contributed by atoms with E-state index in [1.54, 1.807) is 0 Å². The van der Waals surface area contributed by atoms with E-state index in [4.69, 9.17) is 11.2 Å². The molecule has 5 heteroatoms. The zero-order valence-electron chi connectivity index (χ0n) is 16.5. The molecular formula is C17H37N3S2. The molecule has 1 fully saturated rings. The van der Waals surface area contributed by atoms with Crippen LogP contribution in [0.2, 0.25) is 0 Å². The Morgan fingerprint density at radius 2 is 1.09 bits per heavy atom. The molecule has 0 aromatic carbocycles. The van der Waals surface area contributed by atoms with Crippen molar-refractivity contribution < 1.29 is 0 Å². The summed E-state index contributed by atoms with van der Waals surface area (Å²) in [5, 5.41) is 0. The maximum Gasteiger partial charge on any atom is 0.0720 e. The normalized spacial score (nSPS) is 27.5. The fraction of sp³-hybridized carbons (Fsp3) is 1.00. The molecule has 1 aliphatic rings.